The normalized spacial score (nSPS) is 11.3. The van der Waals surface area contributed by atoms with Crippen LogP contribution in [0.1, 0.15) is 46.1 Å². The van der Waals surface area contributed by atoms with Crippen LogP contribution in [0.2, 0.25) is 0 Å². The summed E-state index contributed by atoms with van der Waals surface area (Å²) in [5.41, 5.74) is 10.6. The number of aromatic nitrogens is 2. The van der Waals surface area contributed by atoms with Crippen molar-refractivity contribution in [3.8, 4) is 11.1 Å². The molecule has 1 aromatic carbocycles. The fourth-order valence-corrected chi connectivity index (χ4v) is 5.33. The molecule has 5 nitrogen and oxygen atoms in total. The van der Waals surface area contributed by atoms with Gasteiger partial charge in [-0.2, -0.15) is 0 Å². The summed E-state index contributed by atoms with van der Waals surface area (Å²) in [7, 11) is 0. The van der Waals surface area contributed by atoms with Crippen molar-refractivity contribution in [3.05, 3.63) is 57.5 Å². The molecule has 4 aromatic rings. The van der Waals surface area contributed by atoms with E-state index in [0.717, 1.165) is 36.8 Å². The van der Waals surface area contributed by atoms with Gasteiger partial charge < -0.3 is 11.1 Å². The molecular weight excluding hydrogens is 400 g/mol. The number of rotatable bonds is 5. The quantitative estimate of drug-likeness (QED) is 0.413. The number of carbonyl (C=O) groups excluding carboxylic acids is 1. The van der Waals surface area contributed by atoms with Crippen LogP contribution in [-0.4, -0.2) is 15.9 Å². The Morgan fingerprint density at radius 1 is 1.14 bits per heavy atom. The van der Waals surface area contributed by atoms with Crippen molar-refractivity contribution >= 4 is 49.6 Å². The number of primary amides is 1. The Hall–Kier alpha value is -2.77. The van der Waals surface area contributed by atoms with Gasteiger partial charge in [0.15, 0.2) is 0 Å². The number of amides is 1. The first-order valence-corrected chi connectivity index (χ1v) is 11.1. The number of nitrogens with one attached hydrogen (secondary N) is 1. The number of thiophene rings is 2. The van der Waals surface area contributed by atoms with E-state index in [2.05, 4.69) is 58.8 Å². The molecule has 0 bridgehead atoms. The fourth-order valence-electron chi connectivity index (χ4n) is 3.35. The van der Waals surface area contributed by atoms with E-state index in [1.54, 1.807) is 17.7 Å². The number of nitrogens with two attached hydrogens (primary N) is 1. The Morgan fingerprint density at radius 3 is 2.52 bits per heavy atom. The number of benzene rings is 1. The van der Waals surface area contributed by atoms with Gasteiger partial charge in [-0.3, -0.25) is 4.79 Å². The lowest BCUT2D eigenvalue weighted by molar-refractivity contribution is 0.100. The first-order valence-electron chi connectivity index (χ1n) is 9.36. The topological polar surface area (TPSA) is 80.9 Å². The number of aryl methyl sites for hydroxylation is 1. The summed E-state index contributed by atoms with van der Waals surface area (Å²) in [6, 6.07) is 8.61. The number of carbonyl (C=O) groups is 1. The van der Waals surface area contributed by atoms with Gasteiger partial charge in [0.25, 0.3) is 5.91 Å². The van der Waals surface area contributed by atoms with E-state index in [1.165, 1.54) is 16.9 Å². The highest BCUT2D eigenvalue weighted by Gasteiger charge is 2.20. The number of hydrogen-bond donors (Lipinski definition) is 2. The van der Waals surface area contributed by atoms with Crippen molar-refractivity contribution in [3.63, 3.8) is 0 Å². The molecule has 3 aromatic heterocycles. The molecule has 0 radical (unpaired) electrons. The van der Waals surface area contributed by atoms with Crippen molar-refractivity contribution in [1.29, 1.82) is 0 Å². The van der Waals surface area contributed by atoms with Crippen LogP contribution in [0, 0.1) is 13.8 Å². The Kier molecular flexibility index (Phi) is 5.10. The zero-order chi connectivity index (χ0) is 20.7. The fraction of sp³-hybridized carbons (Fsp3) is 0.227. The Labute approximate surface area is 177 Å². The second kappa shape index (κ2) is 7.57. The average Bonchev–Trinajstić information content (AvgIpc) is 3.24. The number of nitrogens with zero attached hydrogens (tertiary/aromatic N) is 2. The molecule has 0 unspecified atom stereocenters. The first-order chi connectivity index (χ1) is 13.9. The molecule has 0 aliphatic rings. The highest BCUT2D eigenvalue weighted by molar-refractivity contribution is 7.17. The molecule has 1 amide bonds. The molecule has 148 valence electrons. The third-order valence-electron chi connectivity index (χ3n) is 5.12. The average molecular weight is 423 g/mol. The molecule has 29 heavy (non-hydrogen) atoms. The van der Waals surface area contributed by atoms with Gasteiger partial charge in [0.2, 0.25) is 0 Å². The van der Waals surface area contributed by atoms with Crippen molar-refractivity contribution in [2.24, 2.45) is 5.73 Å². The van der Waals surface area contributed by atoms with Crippen LogP contribution in [-0.2, 0) is 0 Å². The third-order valence-corrected chi connectivity index (χ3v) is 7.13. The van der Waals surface area contributed by atoms with Gasteiger partial charge in [-0.25, -0.2) is 9.97 Å². The van der Waals surface area contributed by atoms with E-state index in [0.29, 0.717) is 17.3 Å². The molecule has 4 rings (SSSR count). The summed E-state index contributed by atoms with van der Waals surface area (Å²) in [6.45, 7) is 8.27. The Balaban J connectivity index is 1.82. The molecule has 0 aliphatic heterocycles. The standard InChI is InChI=1S/C22H22N4OS2/c1-11(2)14-5-7-15(8-6-14)16-9-28-21-18(16)20(24-10-25-21)26-22-17(19(23)27)12(3)13(4)29-22/h5-11H,1-4H3,(H2,23,27)(H,24,25,26). The number of fused-ring (bicyclic) bond motifs is 1. The molecule has 0 aliphatic carbocycles. The van der Waals surface area contributed by atoms with E-state index in [4.69, 9.17) is 5.73 Å². The van der Waals surface area contributed by atoms with Crippen LogP contribution in [0.5, 0.6) is 0 Å². The van der Waals surface area contributed by atoms with Gasteiger partial charge >= 0.3 is 0 Å². The Bertz CT molecular complexity index is 1210. The van der Waals surface area contributed by atoms with Gasteiger partial charge in [-0.15, -0.1) is 22.7 Å². The van der Waals surface area contributed by atoms with Crippen LogP contribution in [0.15, 0.2) is 36.0 Å². The van der Waals surface area contributed by atoms with E-state index in [-0.39, 0.29) is 0 Å². The zero-order valence-corrected chi connectivity index (χ0v) is 18.4. The summed E-state index contributed by atoms with van der Waals surface area (Å²) in [5.74, 6) is 0.735. The van der Waals surface area contributed by atoms with Crippen LogP contribution >= 0.6 is 22.7 Å². The van der Waals surface area contributed by atoms with Crippen LogP contribution < -0.4 is 11.1 Å². The van der Waals surface area contributed by atoms with Crippen LogP contribution in [0.25, 0.3) is 21.3 Å². The summed E-state index contributed by atoms with van der Waals surface area (Å²) in [4.78, 5) is 22.9. The van der Waals surface area contributed by atoms with Gasteiger partial charge in [0, 0.05) is 15.8 Å². The van der Waals surface area contributed by atoms with E-state index < -0.39 is 5.91 Å². The van der Waals surface area contributed by atoms with Crippen molar-refractivity contribution in [2.75, 3.05) is 5.32 Å². The maximum absolute atomic E-state index is 12.0. The van der Waals surface area contributed by atoms with E-state index >= 15 is 0 Å². The summed E-state index contributed by atoms with van der Waals surface area (Å²) < 4.78 is 0. The predicted molar refractivity (Wildman–Crippen MR) is 123 cm³/mol. The van der Waals surface area contributed by atoms with Crippen LogP contribution in [0.3, 0.4) is 0 Å². The minimum absolute atomic E-state index is 0.436. The first kappa shape index (κ1) is 19.5. The lowest BCUT2D eigenvalue weighted by Crippen LogP contribution is -2.13. The molecule has 3 heterocycles. The second-order valence-corrected chi connectivity index (χ2v) is 9.39. The summed E-state index contributed by atoms with van der Waals surface area (Å²) >= 11 is 3.10. The number of hydrogen-bond acceptors (Lipinski definition) is 6. The minimum Gasteiger partial charge on any atom is -0.365 e. The van der Waals surface area contributed by atoms with Gasteiger partial charge in [0.05, 0.1) is 10.9 Å². The van der Waals surface area contributed by atoms with Crippen LogP contribution in [0.4, 0.5) is 10.8 Å². The molecule has 0 saturated heterocycles. The third kappa shape index (κ3) is 3.52. The maximum Gasteiger partial charge on any atom is 0.251 e. The molecule has 7 heteroatoms. The van der Waals surface area contributed by atoms with Gasteiger partial charge in [0.1, 0.15) is 22.0 Å². The highest BCUT2D eigenvalue weighted by atomic mass is 32.1. The summed E-state index contributed by atoms with van der Waals surface area (Å²) in [5, 5.41) is 7.14. The zero-order valence-electron chi connectivity index (χ0n) is 16.7. The predicted octanol–water partition coefficient (Wildman–Crippen LogP) is 6.00. The number of anilines is 2. The molecular formula is C22H22N4OS2. The monoisotopic (exact) mass is 422 g/mol. The minimum atomic E-state index is -0.436. The largest absolute Gasteiger partial charge is 0.365 e. The SMILES string of the molecule is Cc1sc(Nc2ncnc3scc(-c4ccc(C(C)C)cc4)c23)c(C(N)=O)c1C. The van der Waals surface area contributed by atoms with E-state index in [1.807, 2.05) is 13.8 Å². The molecule has 0 atom stereocenters. The maximum atomic E-state index is 12.0. The molecule has 3 N–H and O–H groups in total. The van der Waals surface area contributed by atoms with E-state index in [9.17, 15) is 4.79 Å². The van der Waals surface area contributed by atoms with Crippen molar-refractivity contribution in [1.82, 2.24) is 9.97 Å². The highest BCUT2D eigenvalue weighted by Crippen LogP contribution is 2.40. The van der Waals surface area contributed by atoms with Crippen molar-refractivity contribution in [2.45, 2.75) is 33.6 Å². The lowest BCUT2D eigenvalue weighted by Gasteiger charge is -2.10. The second-order valence-electron chi connectivity index (χ2n) is 7.31. The summed E-state index contributed by atoms with van der Waals surface area (Å²) in [6.07, 6.45) is 1.55. The van der Waals surface area contributed by atoms with Gasteiger partial charge in [-0.05, 0) is 36.5 Å². The smallest absolute Gasteiger partial charge is 0.251 e. The molecule has 0 fully saturated rings. The lowest BCUT2D eigenvalue weighted by atomic mass is 9.99. The van der Waals surface area contributed by atoms with Gasteiger partial charge in [-0.1, -0.05) is 38.1 Å². The van der Waals surface area contributed by atoms with Crippen molar-refractivity contribution < 1.29 is 4.79 Å². The molecule has 0 spiro atoms. The Morgan fingerprint density at radius 2 is 1.86 bits per heavy atom. The molecule has 0 saturated carbocycles.